The van der Waals surface area contributed by atoms with Crippen LogP contribution in [-0.2, 0) is 9.53 Å². The Morgan fingerprint density at radius 3 is 2.36 bits per heavy atom. The molecule has 3 heteroatoms. The van der Waals surface area contributed by atoms with Gasteiger partial charge in [0.2, 0.25) is 0 Å². The summed E-state index contributed by atoms with van der Waals surface area (Å²) in [5.41, 5.74) is -0.363. The molecule has 0 aromatic heterocycles. The average molecular weight is 199 g/mol. The van der Waals surface area contributed by atoms with E-state index in [1.54, 1.807) is 0 Å². The van der Waals surface area contributed by atoms with Gasteiger partial charge < -0.3 is 9.64 Å². The van der Waals surface area contributed by atoms with Crippen molar-refractivity contribution in [2.75, 3.05) is 13.6 Å². The number of esters is 1. The summed E-state index contributed by atoms with van der Waals surface area (Å²) in [5, 5.41) is 0. The summed E-state index contributed by atoms with van der Waals surface area (Å²) >= 11 is 0. The second kappa shape index (κ2) is 3.89. The van der Waals surface area contributed by atoms with E-state index in [0.29, 0.717) is 6.04 Å². The van der Waals surface area contributed by atoms with Crippen molar-refractivity contribution < 1.29 is 9.53 Å². The fourth-order valence-corrected chi connectivity index (χ4v) is 1.79. The van der Waals surface area contributed by atoms with Crippen molar-refractivity contribution in [2.45, 2.75) is 45.8 Å². The maximum absolute atomic E-state index is 11.8. The van der Waals surface area contributed by atoms with Crippen molar-refractivity contribution in [3.8, 4) is 0 Å². The highest BCUT2D eigenvalue weighted by Crippen LogP contribution is 2.25. The van der Waals surface area contributed by atoms with Gasteiger partial charge in [0.15, 0.2) is 0 Å². The van der Waals surface area contributed by atoms with Crippen molar-refractivity contribution in [3.05, 3.63) is 0 Å². The maximum atomic E-state index is 11.8. The van der Waals surface area contributed by atoms with Gasteiger partial charge in [0.1, 0.15) is 5.60 Å². The molecule has 0 saturated carbocycles. The van der Waals surface area contributed by atoms with Crippen molar-refractivity contribution in [1.29, 1.82) is 0 Å². The van der Waals surface area contributed by atoms with Gasteiger partial charge in [-0.2, -0.15) is 0 Å². The van der Waals surface area contributed by atoms with Gasteiger partial charge in [0.05, 0.1) is 5.92 Å². The molecule has 0 aromatic rings. The molecule has 2 unspecified atom stereocenters. The number of carbonyl (C=O) groups is 1. The van der Waals surface area contributed by atoms with Crippen LogP contribution in [0.25, 0.3) is 0 Å². The summed E-state index contributed by atoms with van der Waals surface area (Å²) in [4.78, 5) is 14.0. The number of hydrogen-bond acceptors (Lipinski definition) is 3. The van der Waals surface area contributed by atoms with Gasteiger partial charge >= 0.3 is 5.97 Å². The Labute approximate surface area is 86.4 Å². The van der Waals surface area contributed by atoms with E-state index in [2.05, 4.69) is 18.9 Å². The monoisotopic (exact) mass is 199 g/mol. The molecule has 0 N–H and O–H groups in total. The molecule has 1 aliphatic rings. The number of ether oxygens (including phenoxy) is 1. The lowest BCUT2D eigenvalue weighted by atomic mass is 10.0. The second-order valence-corrected chi connectivity index (χ2v) is 5.15. The summed E-state index contributed by atoms with van der Waals surface area (Å²) in [6, 6.07) is 0.310. The predicted octanol–water partition coefficient (Wildman–Crippen LogP) is 1.67. The zero-order chi connectivity index (χ0) is 10.9. The largest absolute Gasteiger partial charge is 0.460 e. The zero-order valence-electron chi connectivity index (χ0n) is 9.83. The molecule has 3 nitrogen and oxygen atoms in total. The van der Waals surface area contributed by atoms with Crippen LogP contribution in [0.4, 0.5) is 0 Å². The molecule has 0 bridgehead atoms. The Balaban J connectivity index is 2.54. The van der Waals surface area contributed by atoms with Crippen LogP contribution in [0.1, 0.15) is 34.1 Å². The lowest BCUT2D eigenvalue weighted by Gasteiger charge is -2.24. The third-order valence-electron chi connectivity index (χ3n) is 2.78. The standard InChI is InChI=1S/C11H21NO2/c1-8-9(6-7-12(8)5)10(13)14-11(2,3)4/h8-9H,6-7H2,1-5H3. The molecule has 0 aromatic carbocycles. The van der Waals surface area contributed by atoms with Gasteiger partial charge in [-0.05, 0) is 47.7 Å². The number of rotatable bonds is 1. The van der Waals surface area contributed by atoms with E-state index in [1.807, 2.05) is 20.8 Å². The first kappa shape index (κ1) is 11.5. The maximum Gasteiger partial charge on any atom is 0.311 e. The molecule has 1 fully saturated rings. The van der Waals surface area contributed by atoms with Crippen molar-refractivity contribution in [1.82, 2.24) is 4.90 Å². The van der Waals surface area contributed by atoms with E-state index in [1.165, 1.54) is 0 Å². The van der Waals surface area contributed by atoms with Crippen LogP contribution in [0.3, 0.4) is 0 Å². The summed E-state index contributed by atoms with van der Waals surface area (Å²) < 4.78 is 5.37. The molecule has 0 amide bonds. The van der Waals surface area contributed by atoms with Crippen LogP contribution >= 0.6 is 0 Å². The normalized spacial score (nSPS) is 29.2. The third kappa shape index (κ3) is 2.71. The average Bonchev–Trinajstić information content (AvgIpc) is 2.29. The fraction of sp³-hybridized carbons (Fsp3) is 0.909. The van der Waals surface area contributed by atoms with Crippen LogP contribution in [-0.4, -0.2) is 36.1 Å². The molecule has 82 valence electrons. The zero-order valence-corrected chi connectivity index (χ0v) is 9.83. The first-order valence-corrected chi connectivity index (χ1v) is 5.24. The quantitative estimate of drug-likeness (QED) is 0.602. The van der Waals surface area contributed by atoms with Gasteiger partial charge in [0.25, 0.3) is 0 Å². The summed E-state index contributed by atoms with van der Waals surface area (Å²) in [6.07, 6.45) is 0.923. The van der Waals surface area contributed by atoms with E-state index in [4.69, 9.17) is 4.74 Å². The SMILES string of the molecule is CC1C(C(=O)OC(C)(C)C)CCN1C. The highest BCUT2D eigenvalue weighted by atomic mass is 16.6. The smallest absolute Gasteiger partial charge is 0.311 e. The van der Waals surface area contributed by atoms with E-state index >= 15 is 0 Å². The van der Waals surface area contributed by atoms with Crippen LogP contribution < -0.4 is 0 Å². The summed E-state index contributed by atoms with van der Waals surface area (Å²) in [6.45, 7) is 8.81. The van der Waals surface area contributed by atoms with Gasteiger partial charge in [0, 0.05) is 6.04 Å². The topological polar surface area (TPSA) is 29.5 Å². The van der Waals surface area contributed by atoms with E-state index in [9.17, 15) is 4.79 Å². The molecule has 0 aliphatic carbocycles. The molecular weight excluding hydrogens is 178 g/mol. The molecule has 0 radical (unpaired) electrons. The van der Waals surface area contributed by atoms with E-state index in [0.717, 1.165) is 13.0 Å². The van der Waals surface area contributed by atoms with Gasteiger partial charge in [-0.1, -0.05) is 0 Å². The lowest BCUT2D eigenvalue weighted by Crippen LogP contribution is -2.34. The van der Waals surface area contributed by atoms with E-state index < -0.39 is 0 Å². The highest BCUT2D eigenvalue weighted by Gasteiger charge is 2.36. The van der Waals surface area contributed by atoms with Crippen LogP contribution in [0.2, 0.25) is 0 Å². The Morgan fingerprint density at radius 2 is 2.00 bits per heavy atom. The molecule has 1 heterocycles. The van der Waals surface area contributed by atoms with Crippen LogP contribution in [0, 0.1) is 5.92 Å². The molecular formula is C11H21NO2. The van der Waals surface area contributed by atoms with E-state index in [-0.39, 0.29) is 17.5 Å². The number of nitrogens with zero attached hydrogens (tertiary/aromatic N) is 1. The van der Waals surface area contributed by atoms with Gasteiger partial charge in [-0.15, -0.1) is 0 Å². The molecule has 14 heavy (non-hydrogen) atoms. The Morgan fingerprint density at radius 1 is 1.43 bits per heavy atom. The minimum atomic E-state index is -0.363. The second-order valence-electron chi connectivity index (χ2n) is 5.15. The summed E-state index contributed by atoms with van der Waals surface area (Å²) in [7, 11) is 2.05. The third-order valence-corrected chi connectivity index (χ3v) is 2.78. The molecule has 1 rings (SSSR count). The lowest BCUT2D eigenvalue weighted by molar-refractivity contribution is -0.160. The van der Waals surface area contributed by atoms with Crippen molar-refractivity contribution in [3.63, 3.8) is 0 Å². The predicted molar refractivity (Wildman–Crippen MR) is 56.0 cm³/mol. The number of carbonyl (C=O) groups excluding carboxylic acids is 1. The molecule has 1 aliphatic heterocycles. The Bertz CT molecular complexity index is 220. The fourth-order valence-electron chi connectivity index (χ4n) is 1.79. The van der Waals surface area contributed by atoms with Crippen LogP contribution in [0.5, 0.6) is 0 Å². The van der Waals surface area contributed by atoms with Crippen LogP contribution in [0.15, 0.2) is 0 Å². The summed E-state index contributed by atoms with van der Waals surface area (Å²) in [5.74, 6) is 0.00794. The molecule has 1 saturated heterocycles. The first-order valence-electron chi connectivity index (χ1n) is 5.24. The Hall–Kier alpha value is -0.570. The highest BCUT2D eigenvalue weighted by molar-refractivity contribution is 5.74. The Kier molecular flexibility index (Phi) is 3.20. The number of hydrogen-bond donors (Lipinski definition) is 0. The van der Waals surface area contributed by atoms with Gasteiger partial charge in [-0.3, -0.25) is 4.79 Å². The number of likely N-dealkylation sites (tertiary alicyclic amines) is 1. The van der Waals surface area contributed by atoms with Crippen molar-refractivity contribution >= 4 is 5.97 Å². The first-order chi connectivity index (χ1) is 6.31. The van der Waals surface area contributed by atoms with Crippen molar-refractivity contribution in [2.24, 2.45) is 5.92 Å². The molecule has 0 spiro atoms. The molecule has 2 atom stereocenters. The van der Waals surface area contributed by atoms with Gasteiger partial charge in [-0.25, -0.2) is 0 Å². The minimum Gasteiger partial charge on any atom is -0.460 e. The minimum absolute atomic E-state index is 0.0469.